The zero-order chi connectivity index (χ0) is 11.5. The minimum Gasteiger partial charge on any atom is -0.295 e. The molecule has 16 heavy (non-hydrogen) atoms. The fraction of sp³-hybridized carbons (Fsp3) is 0.308. The molecule has 1 aromatic rings. The van der Waals surface area contributed by atoms with Crippen LogP contribution in [0.25, 0.3) is 6.08 Å². The van der Waals surface area contributed by atoms with Gasteiger partial charge in [0.25, 0.3) is 0 Å². The number of ketones is 1. The molecule has 3 heteroatoms. The Balaban J connectivity index is 2.27. The molecule has 1 aromatic carbocycles. The van der Waals surface area contributed by atoms with E-state index in [4.69, 9.17) is 23.2 Å². The van der Waals surface area contributed by atoms with Gasteiger partial charge in [-0.1, -0.05) is 29.3 Å². The summed E-state index contributed by atoms with van der Waals surface area (Å²) in [5.74, 6) is 0.261. The van der Waals surface area contributed by atoms with Crippen LogP contribution < -0.4 is 0 Å². The average molecular weight is 255 g/mol. The molecule has 0 aliphatic heterocycles. The molecule has 1 saturated carbocycles. The molecule has 2 rings (SSSR count). The first-order valence-electron chi connectivity index (χ1n) is 5.35. The Kier molecular flexibility index (Phi) is 3.67. The molecule has 0 bridgehead atoms. The number of benzene rings is 1. The lowest BCUT2D eigenvalue weighted by Gasteiger charge is -2.12. The fourth-order valence-electron chi connectivity index (χ4n) is 1.86. The highest BCUT2D eigenvalue weighted by Gasteiger charge is 2.14. The Labute approximate surface area is 105 Å². The van der Waals surface area contributed by atoms with E-state index < -0.39 is 0 Å². The van der Waals surface area contributed by atoms with Crippen LogP contribution in [0, 0.1) is 0 Å². The normalized spacial score (nSPS) is 19.1. The lowest BCUT2D eigenvalue weighted by atomic mass is 9.92. The zero-order valence-corrected chi connectivity index (χ0v) is 10.3. The third-order valence-corrected chi connectivity index (χ3v) is 3.48. The Morgan fingerprint density at radius 2 is 1.81 bits per heavy atom. The molecular weight excluding hydrogens is 243 g/mol. The highest BCUT2D eigenvalue weighted by molar-refractivity contribution is 6.42. The molecule has 0 atom stereocenters. The van der Waals surface area contributed by atoms with Gasteiger partial charge in [0, 0.05) is 6.42 Å². The van der Waals surface area contributed by atoms with E-state index in [-0.39, 0.29) is 5.78 Å². The van der Waals surface area contributed by atoms with Crippen LogP contribution in [0.4, 0.5) is 0 Å². The maximum Gasteiger partial charge on any atom is 0.158 e. The number of carbonyl (C=O) groups excluding carboxylic acids is 1. The fourth-order valence-corrected chi connectivity index (χ4v) is 2.16. The van der Waals surface area contributed by atoms with Crippen molar-refractivity contribution >= 4 is 35.1 Å². The largest absolute Gasteiger partial charge is 0.295 e. The molecule has 1 aliphatic rings. The van der Waals surface area contributed by atoms with Gasteiger partial charge in [0.1, 0.15) is 0 Å². The van der Waals surface area contributed by atoms with E-state index >= 15 is 0 Å². The van der Waals surface area contributed by atoms with Crippen molar-refractivity contribution in [3.05, 3.63) is 39.4 Å². The summed E-state index contributed by atoms with van der Waals surface area (Å²) in [7, 11) is 0. The molecule has 0 N–H and O–H groups in total. The number of halogens is 2. The summed E-state index contributed by atoms with van der Waals surface area (Å²) in [4.78, 5) is 11.6. The summed E-state index contributed by atoms with van der Waals surface area (Å²) < 4.78 is 0. The third-order valence-electron chi connectivity index (χ3n) is 2.74. The SMILES string of the molecule is O=C1CCCC/C1=C/c1ccc(Cl)c(Cl)c1. The van der Waals surface area contributed by atoms with Crippen molar-refractivity contribution in [2.75, 3.05) is 0 Å². The topological polar surface area (TPSA) is 17.1 Å². The van der Waals surface area contributed by atoms with Crippen LogP contribution in [0.5, 0.6) is 0 Å². The van der Waals surface area contributed by atoms with Gasteiger partial charge in [-0.25, -0.2) is 0 Å². The van der Waals surface area contributed by atoms with E-state index in [2.05, 4.69) is 0 Å². The van der Waals surface area contributed by atoms with Crippen LogP contribution in [0.15, 0.2) is 23.8 Å². The van der Waals surface area contributed by atoms with Crippen LogP contribution in [0.1, 0.15) is 31.2 Å². The van der Waals surface area contributed by atoms with Crippen molar-refractivity contribution in [2.45, 2.75) is 25.7 Å². The third kappa shape index (κ3) is 2.66. The Morgan fingerprint density at radius 1 is 1.06 bits per heavy atom. The predicted octanol–water partition coefficient (Wildman–Crippen LogP) is 4.52. The van der Waals surface area contributed by atoms with E-state index in [1.165, 1.54) is 0 Å². The van der Waals surface area contributed by atoms with Crippen molar-refractivity contribution in [3.63, 3.8) is 0 Å². The van der Waals surface area contributed by atoms with Crippen LogP contribution in [-0.4, -0.2) is 5.78 Å². The molecule has 1 nitrogen and oxygen atoms in total. The molecule has 0 aromatic heterocycles. The van der Waals surface area contributed by atoms with E-state index in [0.29, 0.717) is 16.5 Å². The molecule has 0 spiro atoms. The van der Waals surface area contributed by atoms with E-state index in [1.54, 1.807) is 12.1 Å². The van der Waals surface area contributed by atoms with E-state index in [9.17, 15) is 4.79 Å². The van der Waals surface area contributed by atoms with Gasteiger partial charge in [-0.05, 0) is 48.6 Å². The lowest BCUT2D eigenvalue weighted by Crippen LogP contribution is -2.07. The van der Waals surface area contributed by atoms with Crippen LogP contribution >= 0.6 is 23.2 Å². The van der Waals surface area contributed by atoms with E-state index in [0.717, 1.165) is 30.4 Å². The van der Waals surface area contributed by atoms with Crippen LogP contribution in [-0.2, 0) is 4.79 Å². The van der Waals surface area contributed by atoms with Crippen molar-refractivity contribution in [3.8, 4) is 0 Å². The first-order valence-corrected chi connectivity index (χ1v) is 6.11. The average Bonchev–Trinajstić information content (AvgIpc) is 2.27. The molecule has 0 heterocycles. The van der Waals surface area contributed by atoms with Gasteiger partial charge in [0.15, 0.2) is 5.78 Å². The summed E-state index contributed by atoms with van der Waals surface area (Å²) in [5, 5.41) is 1.07. The Hall–Kier alpha value is -0.790. The van der Waals surface area contributed by atoms with Crippen molar-refractivity contribution in [1.29, 1.82) is 0 Å². The minimum absolute atomic E-state index is 0.261. The summed E-state index contributed by atoms with van der Waals surface area (Å²) >= 11 is 11.8. The van der Waals surface area contributed by atoms with Crippen molar-refractivity contribution in [1.82, 2.24) is 0 Å². The minimum atomic E-state index is 0.261. The van der Waals surface area contributed by atoms with Gasteiger partial charge in [-0.2, -0.15) is 0 Å². The first-order chi connectivity index (χ1) is 7.66. The quantitative estimate of drug-likeness (QED) is 0.674. The summed E-state index contributed by atoms with van der Waals surface area (Å²) in [5.41, 5.74) is 1.85. The Bertz CT molecular complexity index is 449. The number of hydrogen-bond acceptors (Lipinski definition) is 1. The Morgan fingerprint density at radius 3 is 2.50 bits per heavy atom. The maximum absolute atomic E-state index is 11.6. The molecule has 0 radical (unpaired) electrons. The van der Waals surface area contributed by atoms with Gasteiger partial charge in [0.05, 0.1) is 10.0 Å². The highest BCUT2D eigenvalue weighted by atomic mass is 35.5. The predicted molar refractivity (Wildman–Crippen MR) is 67.9 cm³/mol. The standard InChI is InChI=1S/C13H12Cl2O/c14-11-6-5-9(8-12(11)15)7-10-3-1-2-4-13(10)16/h5-8H,1-4H2/b10-7-. The molecular formula is C13H12Cl2O. The maximum atomic E-state index is 11.6. The van der Waals surface area contributed by atoms with Crippen LogP contribution in [0.3, 0.4) is 0 Å². The second-order valence-corrected chi connectivity index (χ2v) is 4.79. The van der Waals surface area contributed by atoms with Gasteiger partial charge in [-0.15, -0.1) is 0 Å². The lowest BCUT2D eigenvalue weighted by molar-refractivity contribution is -0.116. The monoisotopic (exact) mass is 254 g/mol. The molecule has 0 amide bonds. The highest BCUT2D eigenvalue weighted by Crippen LogP contribution is 2.26. The molecule has 0 saturated heterocycles. The molecule has 1 aliphatic carbocycles. The summed E-state index contributed by atoms with van der Waals surface area (Å²) in [6, 6.07) is 5.42. The van der Waals surface area contributed by atoms with Gasteiger partial charge < -0.3 is 0 Å². The van der Waals surface area contributed by atoms with Gasteiger partial charge in [0.2, 0.25) is 0 Å². The second-order valence-electron chi connectivity index (χ2n) is 3.97. The number of carbonyl (C=O) groups is 1. The summed E-state index contributed by atoms with van der Waals surface area (Å²) in [6.07, 6.45) is 5.58. The molecule has 0 unspecified atom stereocenters. The van der Waals surface area contributed by atoms with Crippen molar-refractivity contribution < 1.29 is 4.79 Å². The number of Topliss-reactive ketones (excluding diaryl/α,β-unsaturated/α-hetero) is 1. The van der Waals surface area contributed by atoms with Crippen LogP contribution in [0.2, 0.25) is 10.0 Å². The number of rotatable bonds is 1. The van der Waals surface area contributed by atoms with Gasteiger partial charge in [-0.3, -0.25) is 4.79 Å². The zero-order valence-electron chi connectivity index (χ0n) is 8.80. The second kappa shape index (κ2) is 5.03. The number of allylic oxidation sites excluding steroid dienone is 1. The van der Waals surface area contributed by atoms with Crippen molar-refractivity contribution in [2.24, 2.45) is 0 Å². The first kappa shape index (κ1) is 11.7. The van der Waals surface area contributed by atoms with E-state index in [1.807, 2.05) is 12.1 Å². The molecule has 84 valence electrons. The summed E-state index contributed by atoms with van der Waals surface area (Å²) in [6.45, 7) is 0. The smallest absolute Gasteiger partial charge is 0.158 e. The number of hydrogen-bond donors (Lipinski definition) is 0. The van der Waals surface area contributed by atoms with Gasteiger partial charge >= 0.3 is 0 Å². The molecule has 1 fully saturated rings.